The smallest absolute Gasteiger partial charge is 0.253 e. The van der Waals surface area contributed by atoms with Gasteiger partial charge in [-0.3, -0.25) is 14.4 Å². The fourth-order valence-electron chi connectivity index (χ4n) is 5.22. The van der Waals surface area contributed by atoms with E-state index in [0.717, 1.165) is 22.2 Å². The lowest BCUT2D eigenvalue weighted by atomic mass is 10.0. The molecule has 2 aliphatic heterocycles. The molecule has 198 valence electrons. The number of aryl methyl sites for hydroxylation is 1. The number of nitrogens with zero attached hydrogens (tertiary/aromatic N) is 3. The highest BCUT2D eigenvalue weighted by Gasteiger charge is 2.27. The zero-order chi connectivity index (χ0) is 27.3. The van der Waals surface area contributed by atoms with Gasteiger partial charge in [-0.1, -0.05) is 29.3 Å². The Balaban J connectivity index is 1.12. The van der Waals surface area contributed by atoms with Crippen LogP contribution in [0.2, 0.25) is 10.0 Å². The second kappa shape index (κ2) is 10.0. The van der Waals surface area contributed by atoms with Crippen molar-refractivity contribution in [3.8, 4) is 11.3 Å². The fourth-order valence-corrected chi connectivity index (χ4v) is 5.73. The first-order valence-corrected chi connectivity index (χ1v) is 13.5. The number of piperidine rings is 1. The molecular formula is C29H25Cl2N5O3. The Hall–Kier alpha value is -3.88. The van der Waals surface area contributed by atoms with Crippen LogP contribution in [0.5, 0.6) is 0 Å². The van der Waals surface area contributed by atoms with Crippen LogP contribution in [0.15, 0.2) is 54.9 Å². The lowest BCUT2D eigenvalue weighted by Gasteiger charge is -2.32. The van der Waals surface area contributed by atoms with Crippen molar-refractivity contribution >= 4 is 57.5 Å². The van der Waals surface area contributed by atoms with E-state index < -0.39 is 0 Å². The topological polar surface area (TPSA) is 96.3 Å². The number of carbonyl (C=O) groups is 3. The van der Waals surface area contributed by atoms with Crippen LogP contribution in [-0.4, -0.2) is 51.3 Å². The first-order chi connectivity index (χ1) is 18.7. The normalized spacial score (nSPS) is 15.4. The summed E-state index contributed by atoms with van der Waals surface area (Å²) in [6.07, 6.45) is 5.39. The van der Waals surface area contributed by atoms with Crippen LogP contribution >= 0.6 is 23.2 Å². The van der Waals surface area contributed by atoms with Crippen molar-refractivity contribution in [1.82, 2.24) is 19.8 Å². The van der Waals surface area contributed by atoms with Gasteiger partial charge in [0.15, 0.2) is 0 Å². The van der Waals surface area contributed by atoms with Gasteiger partial charge >= 0.3 is 0 Å². The molecule has 0 atom stereocenters. The molecule has 6 rings (SSSR count). The van der Waals surface area contributed by atoms with E-state index in [4.69, 9.17) is 28.2 Å². The number of nitrogens with one attached hydrogen (secondary N) is 2. The molecule has 0 saturated carbocycles. The van der Waals surface area contributed by atoms with Crippen LogP contribution in [0, 0.1) is 0 Å². The zero-order valence-electron chi connectivity index (χ0n) is 21.1. The summed E-state index contributed by atoms with van der Waals surface area (Å²) in [5.74, 6) is -0.472. The second-order valence-corrected chi connectivity index (χ2v) is 10.9. The van der Waals surface area contributed by atoms with Gasteiger partial charge in [0.25, 0.3) is 11.8 Å². The van der Waals surface area contributed by atoms with Crippen molar-refractivity contribution in [2.24, 2.45) is 7.05 Å². The third-order valence-electron chi connectivity index (χ3n) is 7.31. The first-order valence-electron chi connectivity index (χ1n) is 12.7. The van der Waals surface area contributed by atoms with E-state index in [0.29, 0.717) is 58.3 Å². The second-order valence-electron chi connectivity index (χ2n) is 10.0. The van der Waals surface area contributed by atoms with Crippen LogP contribution in [0.1, 0.15) is 39.1 Å². The number of amides is 3. The fraction of sp³-hybridized carbons (Fsp3) is 0.241. The number of aromatic nitrogens is 2. The summed E-state index contributed by atoms with van der Waals surface area (Å²) >= 11 is 12.9. The molecule has 4 aromatic rings. The van der Waals surface area contributed by atoms with Gasteiger partial charge in [0.2, 0.25) is 5.91 Å². The van der Waals surface area contributed by atoms with E-state index >= 15 is 0 Å². The number of halogens is 2. The van der Waals surface area contributed by atoms with Crippen LogP contribution < -0.4 is 10.6 Å². The van der Waals surface area contributed by atoms with Gasteiger partial charge in [0.05, 0.1) is 33.2 Å². The van der Waals surface area contributed by atoms with Crippen LogP contribution in [0.3, 0.4) is 0 Å². The van der Waals surface area contributed by atoms with Crippen molar-refractivity contribution in [3.05, 3.63) is 81.6 Å². The number of pyridine rings is 1. The zero-order valence-corrected chi connectivity index (χ0v) is 22.6. The summed E-state index contributed by atoms with van der Waals surface area (Å²) in [7, 11) is 1.95. The highest BCUT2D eigenvalue weighted by Crippen LogP contribution is 2.31. The van der Waals surface area contributed by atoms with E-state index in [9.17, 15) is 14.4 Å². The van der Waals surface area contributed by atoms with Crippen molar-refractivity contribution in [3.63, 3.8) is 0 Å². The Morgan fingerprint density at radius 1 is 1.05 bits per heavy atom. The highest BCUT2D eigenvalue weighted by molar-refractivity contribution is 6.35. The van der Waals surface area contributed by atoms with E-state index in [1.807, 2.05) is 42.2 Å². The van der Waals surface area contributed by atoms with Gasteiger partial charge in [0, 0.05) is 60.8 Å². The maximum absolute atomic E-state index is 13.3. The largest absolute Gasteiger partial charge is 0.357 e. The van der Waals surface area contributed by atoms with Gasteiger partial charge in [-0.2, -0.15) is 0 Å². The van der Waals surface area contributed by atoms with E-state index in [1.165, 1.54) is 0 Å². The maximum Gasteiger partial charge on any atom is 0.253 e. The molecule has 4 heterocycles. The standard InChI is InChI=1S/C29H25Cl2N5O3/c1-35-7-4-17(15-35)24-13-22(30)20-3-2-16(11-26(20)33-24)29(39)36-8-5-19(6-9-36)32-28(38)21-10-18-12-27(37)34-25(18)14-23(21)31/h2-4,7,10-11,13-15,19H,5-6,8-9,12H2,1H3,(H,32,38)(H,34,37). The predicted molar refractivity (Wildman–Crippen MR) is 151 cm³/mol. The van der Waals surface area contributed by atoms with Crippen molar-refractivity contribution in [2.45, 2.75) is 25.3 Å². The molecule has 0 unspecified atom stereocenters. The average Bonchev–Trinajstić information content (AvgIpc) is 3.51. The minimum absolute atomic E-state index is 0.0800. The summed E-state index contributed by atoms with van der Waals surface area (Å²) in [4.78, 5) is 44.5. The SMILES string of the molecule is Cn1ccc(-c2cc(Cl)c3ccc(C(=O)N4CCC(NC(=O)c5cc6c(cc5Cl)NC(=O)C6)CC4)cc3n2)c1. The molecule has 0 spiro atoms. The summed E-state index contributed by atoms with van der Waals surface area (Å²) in [6, 6.07) is 12.4. The number of rotatable bonds is 4. The van der Waals surface area contributed by atoms with Gasteiger partial charge in [0.1, 0.15) is 0 Å². The lowest BCUT2D eigenvalue weighted by molar-refractivity contribution is -0.115. The minimum atomic E-state index is -0.279. The molecule has 1 fully saturated rings. The summed E-state index contributed by atoms with van der Waals surface area (Å²) in [5, 5.41) is 7.44. The number of hydrogen-bond donors (Lipinski definition) is 2. The van der Waals surface area contributed by atoms with Crippen molar-refractivity contribution in [2.75, 3.05) is 18.4 Å². The van der Waals surface area contributed by atoms with Crippen molar-refractivity contribution in [1.29, 1.82) is 0 Å². The van der Waals surface area contributed by atoms with E-state index in [2.05, 4.69) is 10.6 Å². The number of anilines is 1. The number of benzene rings is 2. The molecule has 0 aliphatic carbocycles. The quantitative estimate of drug-likeness (QED) is 0.363. The predicted octanol–water partition coefficient (Wildman–Crippen LogP) is 5.08. The average molecular weight is 562 g/mol. The Kier molecular flexibility index (Phi) is 6.53. The van der Waals surface area contributed by atoms with Crippen LogP contribution in [-0.2, 0) is 18.3 Å². The van der Waals surface area contributed by atoms with Gasteiger partial charge in [-0.15, -0.1) is 0 Å². The van der Waals surface area contributed by atoms with E-state index in [-0.39, 0.29) is 30.2 Å². The van der Waals surface area contributed by atoms with Crippen LogP contribution in [0.4, 0.5) is 5.69 Å². The third kappa shape index (κ3) is 4.97. The molecule has 2 aliphatic rings. The molecule has 0 bridgehead atoms. The highest BCUT2D eigenvalue weighted by atomic mass is 35.5. The minimum Gasteiger partial charge on any atom is -0.357 e. The monoisotopic (exact) mass is 561 g/mol. The Bertz CT molecular complexity index is 1660. The molecule has 10 heteroatoms. The third-order valence-corrected chi connectivity index (χ3v) is 7.94. The maximum atomic E-state index is 13.3. The number of fused-ring (bicyclic) bond motifs is 2. The molecule has 2 N–H and O–H groups in total. The molecule has 2 aromatic carbocycles. The Morgan fingerprint density at radius 3 is 2.59 bits per heavy atom. The van der Waals surface area contributed by atoms with Crippen molar-refractivity contribution < 1.29 is 14.4 Å². The molecular weight excluding hydrogens is 537 g/mol. The Labute approximate surface area is 234 Å². The van der Waals surface area contributed by atoms with Gasteiger partial charge < -0.3 is 20.1 Å². The van der Waals surface area contributed by atoms with Gasteiger partial charge in [-0.05, 0) is 54.8 Å². The molecule has 1 saturated heterocycles. The van der Waals surface area contributed by atoms with Gasteiger partial charge in [-0.25, -0.2) is 4.98 Å². The number of likely N-dealkylation sites (tertiary alicyclic amines) is 1. The Morgan fingerprint density at radius 2 is 1.85 bits per heavy atom. The molecule has 3 amide bonds. The lowest BCUT2D eigenvalue weighted by Crippen LogP contribution is -2.46. The number of carbonyl (C=O) groups excluding carboxylic acids is 3. The summed E-state index contributed by atoms with van der Waals surface area (Å²) < 4.78 is 1.95. The van der Waals surface area contributed by atoms with Crippen LogP contribution in [0.25, 0.3) is 22.2 Å². The summed E-state index contributed by atoms with van der Waals surface area (Å²) in [5.41, 5.74) is 4.67. The van der Waals surface area contributed by atoms with E-state index in [1.54, 1.807) is 29.2 Å². The molecule has 0 radical (unpaired) electrons. The molecule has 39 heavy (non-hydrogen) atoms. The first kappa shape index (κ1) is 25.4. The molecule has 8 nitrogen and oxygen atoms in total. The number of hydrogen-bond acceptors (Lipinski definition) is 4. The summed E-state index contributed by atoms with van der Waals surface area (Å²) in [6.45, 7) is 1.02. The molecule has 2 aromatic heterocycles.